The van der Waals surface area contributed by atoms with Gasteiger partial charge in [0.05, 0.1) is 18.4 Å². The zero-order valence-corrected chi connectivity index (χ0v) is 16.6. The lowest BCUT2D eigenvalue weighted by atomic mass is 10.1. The highest BCUT2D eigenvalue weighted by Crippen LogP contribution is 2.26. The fraction of sp³-hybridized carbons (Fsp3) is 0.500. The van der Waals surface area contributed by atoms with Gasteiger partial charge in [-0.05, 0) is 50.6 Å². The Morgan fingerprint density at radius 1 is 1.07 bits per heavy atom. The van der Waals surface area contributed by atoms with E-state index in [9.17, 15) is 4.79 Å². The van der Waals surface area contributed by atoms with Gasteiger partial charge in [0, 0.05) is 24.8 Å². The monoisotopic (exact) mass is 380 g/mol. The van der Waals surface area contributed by atoms with Crippen molar-refractivity contribution in [1.29, 1.82) is 0 Å². The Bertz CT molecular complexity index is 814. The second-order valence-corrected chi connectivity index (χ2v) is 7.75. The van der Waals surface area contributed by atoms with E-state index in [1.165, 1.54) is 44.3 Å². The van der Waals surface area contributed by atoms with Crippen molar-refractivity contribution in [3.05, 3.63) is 53.1 Å². The number of aromatic nitrogens is 2. The van der Waals surface area contributed by atoms with Gasteiger partial charge in [0.1, 0.15) is 18.1 Å². The topological polar surface area (TPSA) is 58.6 Å². The summed E-state index contributed by atoms with van der Waals surface area (Å²) in [5, 5.41) is 0. The number of carbonyl (C=O) groups is 1. The molecule has 148 valence electrons. The zero-order chi connectivity index (χ0) is 19.3. The van der Waals surface area contributed by atoms with Gasteiger partial charge in [0.2, 0.25) is 0 Å². The molecule has 2 aliphatic rings. The second-order valence-electron chi connectivity index (χ2n) is 7.75. The van der Waals surface area contributed by atoms with Crippen LogP contribution in [0, 0.1) is 6.92 Å². The molecule has 3 heterocycles. The van der Waals surface area contributed by atoms with Gasteiger partial charge < -0.3 is 9.64 Å². The molecule has 1 aromatic carbocycles. The molecule has 28 heavy (non-hydrogen) atoms. The van der Waals surface area contributed by atoms with Crippen LogP contribution >= 0.6 is 0 Å². The quantitative estimate of drug-likeness (QED) is 0.818. The first-order chi connectivity index (χ1) is 13.7. The van der Waals surface area contributed by atoms with E-state index in [0.717, 1.165) is 23.6 Å². The summed E-state index contributed by atoms with van der Waals surface area (Å²) in [6.07, 6.45) is 8.44. The van der Waals surface area contributed by atoms with Crippen LogP contribution in [0.3, 0.4) is 0 Å². The van der Waals surface area contributed by atoms with Crippen molar-refractivity contribution < 1.29 is 9.53 Å². The van der Waals surface area contributed by atoms with Crippen LogP contribution in [0.2, 0.25) is 0 Å². The molecule has 2 aromatic rings. The molecule has 6 nitrogen and oxygen atoms in total. The molecule has 0 unspecified atom stereocenters. The minimum absolute atomic E-state index is 0.0955. The number of benzene rings is 1. The molecule has 0 aliphatic carbocycles. The number of rotatable bonds is 3. The number of nitrogens with zero attached hydrogens (tertiary/aromatic N) is 4. The lowest BCUT2D eigenvalue weighted by Crippen LogP contribution is -2.33. The maximum Gasteiger partial charge on any atom is 0.274 e. The summed E-state index contributed by atoms with van der Waals surface area (Å²) < 4.78 is 5.91. The number of hydrogen-bond donors (Lipinski definition) is 0. The van der Waals surface area contributed by atoms with E-state index in [2.05, 4.69) is 33.1 Å². The molecule has 1 amide bonds. The lowest BCUT2D eigenvalue weighted by molar-refractivity contribution is 0.0726. The zero-order valence-electron chi connectivity index (χ0n) is 16.6. The van der Waals surface area contributed by atoms with Crippen molar-refractivity contribution in [3.63, 3.8) is 0 Å². The number of likely N-dealkylation sites (tertiary alicyclic amines) is 1. The molecule has 4 rings (SSSR count). The van der Waals surface area contributed by atoms with Gasteiger partial charge in [-0.3, -0.25) is 14.7 Å². The van der Waals surface area contributed by atoms with Crippen LogP contribution in [0.15, 0.2) is 30.6 Å². The molecule has 0 radical (unpaired) electrons. The predicted molar refractivity (Wildman–Crippen MR) is 107 cm³/mol. The number of ether oxygens (including phenoxy) is 1. The third-order valence-electron chi connectivity index (χ3n) is 5.50. The van der Waals surface area contributed by atoms with Gasteiger partial charge in [-0.15, -0.1) is 0 Å². The molecule has 0 bridgehead atoms. The minimum Gasteiger partial charge on any atom is -0.491 e. The highest BCUT2D eigenvalue weighted by atomic mass is 16.5. The highest BCUT2D eigenvalue weighted by Gasteiger charge is 2.22. The van der Waals surface area contributed by atoms with Crippen LogP contribution in [0.25, 0.3) is 0 Å². The predicted octanol–water partition coefficient (Wildman–Crippen LogP) is 3.20. The summed E-state index contributed by atoms with van der Waals surface area (Å²) in [6.45, 7) is 6.74. The molecule has 1 saturated heterocycles. The van der Waals surface area contributed by atoms with Gasteiger partial charge in [-0.2, -0.15) is 0 Å². The van der Waals surface area contributed by atoms with E-state index in [1.807, 2.05) is 6.92 Å². The normalized spacial score (nSPS) is 18.0. The standard InChI is InChI=1S/C22H28N4O2/c1-17-13-24-20(14-23-17)22(27)26-10-11-28-21-7-6-18(12-19(21)16-26)15-25-8-4-2-3-5-9-25/h6-7,12-14H,2-5,8-11,15-16H2,1H3. The first kappa shape index (κ1) is 18.9. The molecule has 1 aromatic heterocycles. The van der Waals surface area contributed by atoms with Gasteiger partial charge in [0.15, 0.2) is 0 Å². The SMILES string of the molecule is Cc1cnc(C(=O)N2CCOc3ccc(CN4CCCCCC4)cc3C2)cn1. The first-order valence-corrected chi connectivity index (χ1v) is 10.2. The summed E-state index contributed by atoms with van der Waals surface area (Å²) >= 11 is 0. The fourth-order valence-corrected chi connectivity index (χ4v) is 3.94. The Morgan fingerprint density at radius 3 is 2.64 bits per heavy atom. The number of fused-ring (bicyclic) bond motifs is 1. The summed E-state index contributed by atoms with van der Waals surface area (Å²) in [5.74, 6) is 0.784. The molecular weight excluding hydrogens is 352 g/mol. The van der Waals surface area contributed by atoms with Crippen LogP contribution in [0.1, 0.15) is 53.0 Å². The second kappa shape index (κ2) is 8.69. The van der Waals surface area contributed by atoms with Crippen molar-refractivity contribution >= 4 is 5.91 Å². The third-order valence-corrected chi connectivity index (χ3v) is 5.50. The van der Waals surface area contributed by atoms with E-state index < -0.39 is 0 Å². The smallest absolute Gasteiger partial charge is 0.274 e. The lowest BCUT2D eigenvalue weighted by Gasteiger charge is -2.21. The van der Waals surface area contributed by atoms with Crippen LogP contribution < -0.4 is 4.74 Å². The molecule has 2 aliphatic heterocycles. The maximum atomic E-state index is 12.9. The van der Waals surface area contributed by atoms with E-state index >= 15 is 0 Å². The fourth-order valence-electron chi connectivity index (χ4n) is 3.94. The van der Waals surface area contributed by atoms with E-state index in [1.54, 1.807) is 17.3 Å². The van der Waals surface area contributed by atoms with E-state index in [4.69, 9.17) is 4.74 Å². The molecule has 1 fully saturated rings. The Morgan fingerprint density at radius 2 is 1.89 bits per heavy atom. The van der Waals surface area contributed by atoms with Gasteiger partial charge in [-0.1, -0.05) is 18.9 Å². The van der Waals surface area contributed by atoms with Gasteiger partial charge >= 0.3 is 0 Å². The van der Waals surface area contributed by atoms with Gasteiger partial charge in [0.25, 0.3) is 5.91 Å². The summed E-state index contributed by atoms with van der Waals surface area (Å²) in [6, 6.07) is 6.42. The molecule has 0 saturated carbocycles. The van der Waals surface area contributed by atoms with Crippen molar-refractivity contribution in [2.75, 3.05) is 26.2 Å². The number of amides is 1. The first-order valence-electron chi connectivity index (χ1n) is 10.2. The Balaban J connectivity index is 1.49. The number of hydrogen-bond acceptors (Lipinski definition) is 5. The Kier molecular flexibility index (Phi) is 5.86. The summed E-state index contributed by atoms with van der Waals surface area (Å²) in [7, 11) is 0. The van der Waals surface area contributed by atoms with Crippen LogP contribution in [0.5, 0.6) is 5.75 Å². The number of carbonyl (C=O) groups excluding carboxylic acids is 1. The van der Waals surface area contributed by atoms with Crippen molar-refractivity contribution in [2.24, 2.45) is 0 Å². The Hall–Kier alpha value is -2.47. The van der Waals surface area contributed by atoms with Crippen LogP contribution in [0.4, 0.5) is 0 Å². The van der Waals surface area contributed by atoms with Gasteiger partial charge in [-0.25, -0.2) is 4.98 Å². The molecule has 0 atom stereocenters. The van der Waals surface area contributed by atoms with Crippen LogP contribution in [-0.4, -0.2) is 51.9 Å². The van der Waals surface area contributed by atoms with Crippen LogP contribution in [-0.2, 0) is 13.1 Å². The van der Waals surface area contributed by atoms with Crippen molar-refractivity contribution in [2.45, 2.75) is 45.7 Å². The van der Waals surface area contributed by atoms with E-state index in [-0.39, 0.29) is 5.91 Å². The number of aryl methyl sites for hydroxylation is 1. The average Bonchev–Trinajstić information content (AvgIpc) is 3.08. The molecular formula is C22H28N4O2. The summed E-state index contributed by atoms with van der Waals surface area (Å²) in [5.41, 5.74) is 3.54. The average molecular weight is 380 g/mol. The molecule has 0 N–H and O–H groups in total. The van der Waals surface area contributed by atoms with Crippen molar-refractivity contribution in [3.8, 4) is 5.75 Å². The van der Waals surface area contributed by atoms with Crippen molar-refractivity contribution in [1.82, 2.24) is 19.8 Å². The highest BCUT2D eigenvalue weighted by molar-refractivity contribution is 5.92. The molecule has 6 heteroatoms. The maximum absolute atomic E-state index is 12.9. The largest absolute Gasteiger partial charge is 0.491 e. The summed E-state index contributed by atoms with van der Waals surface area (Å²) in [4.78, 5) is 25.7. The van der Waals surface area contributed by atoms with E-state index in [0.29, 0.717) is 25.4 Å². The Labute approximate surface area is 166 Å². The minimum atomic E-state index is -0.0955. The third kappa shape index (κ3) is 4.50. The molecule has 0 spiro atoms.